The normalized spacial score (nSPS) is 15.8. The van der Waals surface area contributed by atoms with Gasteiger partial charge in [0.15, 0.2) is 0 Å². The van der Waals surface area contributed by atoms with Crippen molar-refractivity contribution in [1.29, 1.82) is 0 Å². The van der Waals surface area contributed by atoms with Crippen molar-refractivity contribution in [3.05, 3.63) is 54.4 Å². The van der Waals surface area contributed by atoms with E-state index >= 15 is 0 Å². The second kappa shape index (κ2) is 9.30. The van der Waals surface area contributed by atoms with Gasteiger partial charge in [-0.15, -0.1) is 0 Å². The van der Waals surface area contributed by atoms with Crippen LogP contribution in [0.1, 0.15) is 18.4 Å². The number of hydrogen-bond acceptors (Lipinski definition) is 5. The number of piperazine rings is 1. The topological polar surface area (TPSA) is 65.5 Å². The van der Waals surface area contributed by atoms with Crippen LogP contribution in [0.15, 0.2) is 53.7 Å². The van der Waals surface area contributed by atoms with E-state index in [1.807, 2.05) is 0 Å². The summed E-state index contributed by atoms with van der Waals surface area (Å²) in [6, 6.07) is 11.8. The second-order valence-electron chi connectivity index (χ2n) is 6.96. The molecule has 0 aliphatic carbocycles. The Bertz CT molecular complexity index is 819. The van der Waals surface area contributed by atoms with Gasteiger partial charge in [-0.25, -0.2) is 13.1 Å². The molecule has 3 rings (SSSR count). The van der Waals surface area contributed by atoms with E-state index in [4.69, 9.17) is 0 Å². The SMILES string of the molecule is Cc1cccc(N2CCN(CCCCNS(=O)(=O)c3cccnc3)CC2)c1. The molecule has 2 heterocycles. The smallest absolute Gasteiger partial charge is 0.242 e. The number of sulfonamides is 1. The van der Waals surface area contributed by atoms with E-state index in [1.54, 1.807) is 18.3 Å². The van der Waals surface area contributed by atoms with Crippen LogP contribution in [-0.2, 0) is 10.0 Å². The van der Waals surface area contributed by atoms with Gasteiger partial charge >= 0.3 is 0 Å². The number of aromatic nitrogens is 1. The van der Waals surface area contributed by atoms with E-state index in [2.05, 4.69) is 50.7 Å². The van der Waals surface area contributed by atoms with Crippen LogP contribution in [0, 0.1) is 6.92 Å². The zero-order valence-corrected chi connectivity index (χ0v) is 16.7. The van der Waals surface area contributed by atoms with E-state index in [0.29, 0.717) is 6.54 Å². The maximum absolute atomic E-state index is 12.1. The molecule has 7 heteroatoms. The molecule has 1 aliphatic heterocycles. The van der Waals surface area contributed by atoms with Gasteiger partial charge < -0.3 is 4.90 Å². The van der Waals surface area contributed by atoms with E-state index in [-0.39, 0.29) is 4.90 Å². The number of hydrogen-bond donors (Lipinski definition) is 1. The quantitative estimate of drug-likeness (QED) is 0.703. The average Bonchev–Trinajstić information content (AvgIpc) is 2.69. The molecule has 0 unspecified atom stereocenters. The molecule has 0 atom stereocenters. The first-order valence-electron chi connectivity index (χ1n) is 9.48. The first-order valence-corrected chi connectivity index (χ1v) is 11.0. The number of pyridine rings is 1. The Hall–Kier alpha value is -1.96. The summed E-state index contributed by atoms with van der Waals surface area (Å²) in [6.07, 6.45) is 4.76. The maximum Gasteiger partial charge on any atom is 0.242 e. The fourth-order valence-corrected chi connectivity index (χ4v) is 4.35. The molecule has 0 bridgehead atoms. The van der Waals surface area contributed by atoms with Gasteiger partial charge in [-0.3, -0.25) is 9.88 Å². The molecule has 6 nitrogen and oxygen atoms in total. The Kier molecular flexibility index (Phi) is 6.82. The Balaban J connectivity index is 1.34. The van der Waals surface area contributed by atoms with Gasteiger partial charge in [0.2, 0.25) is 10.0 Å². The second-order valence-corrected chi connectivity index (χ2v) is 8.73. The predicted molar refractivity (Wildman–Crippen MR) is 108 cm³/mol. The molecule has 1 saturated heterocycles. The van der Waals surface area contributed by atoms with Crippen molar-refractivity contribution >= 4 is 15.7 Å². The Labute approximate surface area is 162 Å². The van der Waals surface area contributed by atoms with Crippen molar-refractivity contribution < 1.29 is 8.42 Å². The lowest BCUT2D eigenvalue weighted by molar-refractivity contribution is 0.253. The Morgan fingerprint density at radius 1 is 1.07 bits per heavy atom. The van der Waals surface area contributed by atoms with Gasteiger partial charge in [0.1, 0.15) is 4.90 Å². The van der Waals surface area contributed by atoms with Gasteiger partial charge in [0, 0.05) is 50.8 Å². The lowest BCUT2D eigenvalue weighted by Crippen LogP contribution is -2.46. The molecule has 1 aliphatic rings. The first-order chi connectivity index (χ1) is 13.0. The molecular weight excluding hydrogens is 360 g/mol. The maximum atomic E-state index is 12.1. The molecule has 1 fully saturated rings. The van der Waals surface area contributed by atoms with Crippen LogP contribution in [0.5, 0.6) is 0 Å². The zero-order chi connectivity index (χ0) is 19.1. The number of unbranched alkanes of at least 4 members (excludes halogenated alkanes) is 1. The fourth-order valence-electron chi connectivity index (χ4n) is 3.31. The predicted octanol–water partition coefficient (Wildman–Crippen LogP) is 2.27. The molecule has 0 radical (unpaired) electrons. The minimum atomic E-state index is -3.44. The highest BCUT2D eigenvalue weighted by Gasteiger charge is 2.17. The summed E-state index contributed by atoms with van der Waals surface area (Å²) in [7, 11) is -3.44. The number of rotatable bonds is 8. The third-order valence-corrected chi connectivity index (χ3v) is 6.32. The average molecular weight is 389 g/mol. The van der Waals surface area contributed by atoms with Crippen molar-refractivity contribution in [2.45, 2.75) is 24.7 Å². The molecule has 0 spiro atoms. The molecule has 27 heavy (non-hydrogen) atoms. The van der Waals surface area contributed by atoms with Crippen LogP contribution < -0.4 is 9.62 Å². The molecule has 1 aromatic carbocycles. The van der Waals surface area contributed by atoms with Gasteiger partial charge in [-0.05, 0) is 56.1 Å². The highest BCUT2D eigenvalue weighted by Crippen LogP contribution is 2.17. The molecule has 1 aromatic heterocycles. The molecule has 0 saturated carbocycles. The van der Waals surface area contributed by atoms with Crippen molar-refractivity contribution in [3.8, 4) is 0 Å². The van der Waals surface area contributed by atoms with Gasteiger partial charge in [-0.2, -0.15) is 0 Å². The van der Waals surface area contributed by atoms with Gasteiger partial charge in [0.05, 0.1) is 0 Å². The van der Waals surface area contributed by atoms with Gasteiger partial charge in [0.25, 0.3) is 0 Å². The largest absolute Gasteiger partial charge is 0.369 e. The van der Waals surface area contributed by atoms with E-state index < -0.39 is 10.0 Å². The van der Waals surface area contributed by atoms with Crippen LogP contribution in [0.25, 0.3) is 0 Å². The van der Waals surface area contributed by atoms with Crippen LogP contribution in [-0.4, -0.2) is 57.6 Å². The Morgan fingerprint density at radius 3 is 2.59 bits per heavy atom. The van der Waals surface area contributed by atoms with Gasteiger partial charge in [-0.1, -0.05) is 12.1 Å². The summed E-state index contributed by atoms with van der Waals surface area (Å²) >= 11 is 0. The summed E-state index contributed by atoms with van der Waals surface area (Å²) in [5.41, 5.74) is 2.60. The van der Waals surface area contributed by atoms with Crippen molar-refractivity contribution in [3.63, 3.8) is 0 Å². The highest BCUT2D eigenvalue weighted by atomic mass is 32.2. The lowest BCUT2D eigenvalue weighted by atomic mass is 10.2. The third-order valence-electron chi connectivity index (χ3n) is 4.88. The van der Waals surface area contributed by atoms with Crippen molar-refractivity contribution in [2.24, 2.45) is 0 Å². The minimum Gasteiger partial charge on any atom is -0.369 e. The van der Waals surface area contributed by atoms with Crippen LogP contribution in [0.2, 0.25) is 0 Å². The van der Waals surface area contributed by atoms with Crippen LogP contribution in [0.3, 0.4) is 0 Å². The number of nitrogens with one attached hydrogen (secondary N) is 1. The van der Waals surface area contributed by atoms with Crippen molar-refractivity contribution in [1.82, 2.24) is 14.6 Å². The monoisotopic (exact) mass is 388 g/mol. The van der Waals surface area contributed by atoms with E-state index in [0.717, 1.165) is 45.6 Å². The highest BCUT2D eigenvalue weighted by molar-refractivity contribution is 7.89. The standard InChI is InChI=1S/C20H28N4O2S/c1-18-6-4-7-19(16-18)24-14-12-23(13-15-24)11-3-2-10-22-27(25,26)20-8-5-9-21-17-20/h4-9,16-17,22H,2-3,10-15H2,1H3. The molecule has 0 amide bonds. The summed E-state index contributed by atoms with van der Waals surface area (Å²) in [4.78, 5) is 8.98. The number of benzene rings is 1. The number of nitrogens with zero attached hydrogens (tertiary/aromatic N) is 3. The van der Waals surface area contributed by atoms with E-state index in [1.165, 1.54) is 17.4 Å². The molecular formula is C20H28N4O2S. The van der Waals surface area contributed by atoms with Crippen LogP contribution >= 0.6 is 0 Å². The van der Waals surface area contributed by atoms with E-state index in [9.17, 15) is 8.42 Å². The zero-order valence-electron chi connectivity index (χ0n) is 15.8. The molecule has 146 valence electrons. The first kappa shape index (κ1) is 19.8. The Morgan fingerprint density at radius 2 is 1.89 bits per heavy atom. The fraction of sp³-hybridized carbons (Fsp3) is 0.450. The summed E-state index contributed by atoms with van der Waals surface area (Å²) in [5, 5.41) is 0. The van der Waals surface area contributed by atoms with Crippen LogP contribution in [0.4, 0.5) is 5.69 Å². The summed E-state index contributed by atoms with van der Waals surface area (Å²) < 4.78 is 26.9. The molecule has 2 aromatic rings. The summed E-state index contributed by atoms with van der Waals surface area (Å²) in [5.74, 6) is 0. The third kappa shape index (κ3) is 5.76. The molecule has 1 N–H and O–H groups in total. The van der Waals surface area contributed by atoms with Crippen molar-refractivity contribution in [2.75, 3.05) is 44.2 Å². The lowest BCUT2D eigenvalue weighted by Gasteiger charge is -2.36. The number of anilines is 1. The number of aryl methyl sites for hydroxylation is 1. The minimum absolute atomic E-state index is 0.220. The summed E-state index contributed by atoms with van der Waals surface area (Å²) in [6.45, 7) is 7.78.